The molecular formula is C27H41NO11. The number of hydrogen-bond acceptors (Lipinski definition) is 11. The molecule has 0 fully saturated rings. The van der Waals surface area contributed by atoms with E-state index in [1.54, 1.807) is 34.6 Å². The lowest BCUT2D eigenvalue weighted by molar-refractivity contribution is -0.167. The number of carboxylic acids is 1. The molecule has 0 heterocycles. The lowest BCUT2D eigenvalue weighted by atomic mass is 9.99. The van der Waals surface area contributed by atoms with Gasteiger partial charge in [0.2, 0.25) is 0 Å². The number of carbonyl (C=O) groups excluding carboxylic acids is 3. The van der Waals surface area contributed by atoms with Crippen LogP contribution in [0.4, 0.5) is 14.4 Å². The third-order valence-electron chi connectivity index (χ3n) is 4.83. The summed E-state index contributed by atoms with van der Waals surface area (Å²) < 4.78 is 30.9. The molecule has 12 nitrogen and oxygen atoms in total. The average Bonchev–Trinajstić information content (AvgIpc) is 2.77. The van der Waals surface area contributed by atoms with Gasteiger partial charge in [0.1, 0.15) is 0 Å². The van der Waals surface area contributed by atoms with Crippen molar-refractivity contribution in [1.82, 2.24) is 5.32 Å². The number of carbonyl (C=O) groups is 4. The number of carboxylic acid groups (broad SMARTS) is 1. The largest absolute Gasteiger partial charge is 0.514 e. The van der Waals surface area contributed by atoms with Crippen molar-refractivity contribution < 1.29 is 52.7 Å². The fourth-order valence-corrected chi connectivity index (χ4v) is 2.97. The van der Waals surface area contributed by atoms with E-state index in [2.05, 4.69) is 5.32 Å². The highest BCUT2D eigenvalue weighted by Gasteiger charge is 2.45. The molecule has 1 aromatic carbocycles. The van der Waals surface area contributed by atoms with Crippen LogP contribution in [0.3, 0.4) is 0 Å². The van der Waals surface area contributed by atoms with Crippen molar-refractivity contribution in [2.45, 2.75) is 99.1 Å². The topological polar surface area (TPSA) is 156 Å². The summed E-state index contributed by atoms with van der Waals surface area (Å²) in [6.07, 6.45) is -4.12. The van der Waals surface area contributed by atoms with E-state index < -0.39 is 48.8 Å². The molecule has 0 aliphatic carbocycles. The summed E-state index contributed by atoms with van der Waals surface area (Å²) in [5.41, 5.74) is -2.36. The van der Waals surface area contributed by atoms with Gasteiger partial charge in [-0.1, -0.05) is 33.8 Å². The minimum atomic E-state index is -2.24. The quantitative estimate of drug-likeness (QED) is 0.146. The van der Waals surface area contributed by atoms with Crippen molar-refractivity contribution in [2.75, 3.05) is 6.61 Å². The van der Waals surface area contributed by atoms with Crippen molar-refractivity contribution >= 4 is 24.4 Å². The lowest BCUT2D eigenvalue weighted by Crippen LogP contribution is -2.59. The van der Waals surface area contributed by atoms with Crippen LogP contribution in [0.2, 0.25) is 0 Å². The second-order valence-electron chi connectivity index (χ2n) is 10.8. The molecule has 0 aromatic heterocycles. The maximum Gasteiger partial charge on any atom is 0.514 e. The van der Waals surface area contributed by atoms with Crippen LogP contribution < -0.4 is 14.8 Å². The van der Waals surface area contributed by atoms with E-state index in [9.17, 15) is 24.3 Å². The molecule has 0 saturated carbocycles. The van der Waals surface area contributed by atoms with Crippen molar-refractivity contribution in [3.05, 3.63) is 23.8 Å². The average molecular weight is 556 g/mol. The van der Waals surface area contributed by atoms with Crippen LogP contribution >= 0.6 is 0 Å². The van der Waals surface area contributed by atoms with Gasteiger partial charge in [-0.2, -0.15) is 0 Å². The Morgan fingerprint density at radius 2 is 1.41 bits per heavy atom. The first kappa shape index (κ1) is 33.5. The second-order valence-corrected chi connectivity index (χ2v) is 10.8. The molecule has 2 N–H and O–H groups in total. The molecule has 2 atom stereocenters. The molecule has 0 radical (unpaired) electrons. The Morgan fingerprint density at radius 3 is 1.87 bits per heavy atom. The van der Waals surface area contributed by atoms with Crippen molar-refractivity contribution in [2.24, 2.45) is 5.41 Å². The van der Waals surface area contributed by atoms with Gasteiger partial charge in [0.15, 0.2) is 11.5 Å². The normalized spacial score (nSPS) is 13.7. The zero-order chi connectivity index (χ0) is 30.0. The molecule has 0 aliphatic heterocycles. The Hall–Kier alpha value is -3.54. The summed E-state index contributed by atoms with van der Waals surface area (Å²) in [7, 11) is 0. The Morgan fingerprint density at radius 1 is 0.872 bits per heavy atom. The predicted octanol–water partition coefficient (Wildman–Crippen LogP) is 5.45. The summed E-state index contributed by atoms with van der Waals surface area (Å²) in [4.78, 5) is 49.4. The number of nitrogens with one attached hydrogen (secondary N) is 1. The highest BCUT2D eigenvalue weighted by atomic mass is 16.8. The maximum absolute atomic E-state index is 12.5. The monoisotopic (exact) mass is 555 g/mol. The SMILES string of the molecule is CCC(C)N[C@@](Cc1ccc(OC(=O)OC(C)C)c(OC(=O)OC(C)C)c1)(OC(=O)OCC(C)(C)C)C(=O)O. The Kier molecular flexibility index (Phi) is 12.5. The van der Waals surface area contributed by atoms with Gasteiger partial charge in [-0.15, -0.1) is 0 Å². The minimum absolute atomic E-state index is 0.000667. The fraction of sp³-hybridized carbons (Fsp3) is 0.630. The molecule has 1 rings (SSSR count). The van der Waals surface area contributed by atoms with Gasteiger partial charge in [0.25, 0.3) is 5.72 Å². The van der Waals surface area contributed by atoms with E-state index in [-0.39, 0.29) is 35.1 Å². The highest BCUT2D eigenvalue weighted by Crippen LogP contribution is 2.32. The van der Waals surface area contributed by atoms with Crippen LogP contribution in [-0.2, 0) is 30.2 Å². The van der Waals surface area contributed by atoms with E-state index in [1.165, 1.54) is 18.2 Å². The fourth-order valence-electron chi connectivity index (χ4n) is 2.97. The standard InChI is InChI=1S/C27H41NO11/c1-10-18(6)28-27(22(29)30,39-23(31)34-15-26(7,8)9)14-19-11-12-20(37-24(32)35-16(2)3)21(13-19)38-25(33)36-17(4)5/h11-13,16-18,28H,10,14-15H2,1-9H3,(H,29,30)/t18?,27-/m0/s1. The highest BCUT2D eigenvalue weighted by molar-refractivity contribution is 5.80. The van der Waals surface area contributed by atoms with Crippen molar-refractivity contribution in [3.63, 3.8) is 0 Å². The third-order valence-corrected chi connectivity index (χ3v) is 4.83. The Balaban J connectivity index is 3.44. The minimum Gasteiger partial charge on any atom is -0.477 e. The van der Waals surface area contributed by atoms with E-state index in [0.717, 1.165) is 0 Å². The van der Waals surface area contributed by atoms with E-state index >= 15 is 0 Å². The second kappa shape index (κ2) is 14.6. The third kappa shape index (κ3) is 12.2. The number of benzene rings is 1. The van der Waals surface area contributed by atoms with Crippen LogP contribution in [0.25, 0.3) is 0 Å². The molecule has 1 aromatic rings. The predicted molar refractivity (Wildman–Crippen MR) is 140 cm³/mol. The molecule has 0 aliphatic rings. The number of aliphatic carboxylic acids is 1. The number of hydrogen-bond donors (Lipinski definition) is 2. The van der Waals surface area contributed by atoms with Crippen LogP contribution in [0.5, 0.6) is 11.5 Å². The maximum atomic E-state index is 12.5. The van der Waals surface area contributed by atoms with Gasteiger partial charge < -0.3 is 33.5 Å². The van der Waals surface area contributed by atoms with E-state index in [0.29, 0.717) is 6.42 Å². The van der Waals surface area contributed by atoms with Crippen LogP contribution in [0.1, 0.15) is 74.3 Å². The van der Waals surface area contributed by atoms with E-state index in [1.807, 2.05) is 27.7 Å². The van der Waals surface area contributed by atoms with Gasteiger partial charge in [0, 0.05) is 12.5 Å². The smallest absolute Gasteiger partial charge is 0.477 e. The summed E-state index contributed by atoms with van der Waals surface area (Å²) in [6.45, 7) is 15.6. The molecule has 12 heteroatoms. The van der Waals surface area contributed by atoms with Gasteiger partial charge >= 0.3 is 24.4 Å². The summed E-state index contributed by atoms with van der Waals surface area (Å²) in [5.74, 6) is -1.89. The van der Waals surface area contributed by atoms with Gasteiger partial charge in [-0.05, 0) is 64.2 Å². The summed E-state index contributed by atoms with van der Waals surface area (Å²) >= 11 is 0. The van der Waals surface area contributed by atoms with Crippen LogP contribution in [0.15, 0.2) is 18.2 Å². The first-order valence-corrected chi connectivity index (χ1v) is 12.7. The Bertz CT molecular complexity index is 1000. The molecule has 39 heavy (non-hydrogen) atoms. The molecule has 0 saturated heterocycles. The van der Waals surface area contributed by atoms with Crippen LogP contribution in [-0.4, -0.2) is 60.1 Å². The summed E-state index contributed by atoms with van der Waals surface area (Å²) in [6, 6.07) is 3.63. The Labute approximate surface area is 229 Å². The first-order chi connectivity index (χ1) is 18.0. The summed E-state index contributed by atoms with van der Waals surface area (Å²) in [5, 5.41) is 13.0. The number of ether oxygens (including phenoxy) is 6. The van der Waals surface area contributed by atoms with Gasteiger partial charge in [-0.3, -0.25) is 5.32 Å². The zero-order valence-electron chi connectivity index (χ0n) is 24.1. The van der Waals surface area contributed by atoms with Crippen LogP contribution in [0, 0.1) is 5.41 Å². The number of rotatable bonds is 12. The van der Waals surface area contributed by atoms with Gasteiger partial charge in [-0.25, -0.2) is 19.2 Å². The van der Waals surface area contributed by atoms with Gasteiger partial charge in [0.05, 0.1) is 18.8 Å². The lowest BCUT2D eigenvalue weighted by Gasteiger charge is -2.33. The molecule has 0 bridgehead atoms. The molecule has 1 unspecified atom stereocenters. The molecular weight excluding hydrogens is 514 g/mol. The zero-order valence-corrected chi connectivity index (χ0v) is 24.1. The molecule has 220 valence electrons. The molecule has 0 amide bonds. The molecule has 0 spiro atoms. The van der Waals surface area contributed by atoms with Crippen molar-refractivity contribution in [3.8, 4) is 11.5 Å². The van der Waals surface area contributed by atoms with Crippen molar-refractivity contribution in [1.29, 1.82) is 0 Å². The van der Waals surface area contributed by atoms with E-state index in [4.69, 9.17) is 28.4 Å². The first-order valence-electron chi connectivity index (χ1n) is 12.7.